The predicted molar refractivity (Wildman–Crippen MR) is 128 cm³/mol. The summed E-state index contributed by atoms with van der Waals surface area (Å²) in [5.74, 6) is 0.0794. The van der Waals surface area contributed by atoms with E-state index in [0.29, 0.717) is 41.4 Å². The van der Waals surface area contributed by atoms with Gasteiger partial charge in [0.15, 0.2) is 11.4 Å². The van der Waals surface area contributed by atoms with E-state index < -0.39 is 5.82 Å². The summed E-state index contributed by atoms with van der Waals surface area (Å²) in [6, 6.07) is 2.68. The number of nitrogens with two attached hydrogens (primary N) is 1. The van der Waals surface area contributed by atoms with Crippen LogP contribution in [0.4, 0.5) is 10.2 Å². The summed E-state index contributed by atoms with van der Waals surface area (Å²) in [5, 5.41) is 1.12. The van der Waals surface area contributed by atoms with E-state index in [2.05, 4.69) is 4.98 Å². The molecule has 0 saturated carbocycles. The highest BCUT2D eigenvalue weighted by Crippen LogP contribution is 2.38. The molecule has 0 radical (unpaired) electrons. The van der Waals surface area contributed by atoms with Crippen LogP contribution in [0.5, 0.6) is 5.75 Å². The summed E-state index contributed by atoms with van der Waals surface area (Å²) in [6.07, 6.45) is 6.35. The van der Waals surface area contributed by atoms with Crippen LogP contribution >= 0.6 is 23.2 Å². The molecular weight excluding hydrogens is 468 g/mol. The minimum absolute atomic E-state index is 0.0232. The summed E-state index contributed by atoms with van der Waals surface area (Å²) >= 11 is 12.2. The Morgan fingerprint density at radius 2 is 2.15 bits per heavy atom. The van der Waals surface area contributed by atoms with Crippen LogP contribution in [-0.4, -0.2) is 35.5 Å². The molecule has 0 unspecified atom stereocenters. The number of nitrogens with zero attached hydrogens (tertiary/aromatic N) is 2. The molecule has 6 nitrogen and oxygen atoms in total. The van der Waals surface area contributed by atoms with Gasteiger partial charge in [-0.25, -0.2) is 9.37 Å². The predicted octanol–water partition coefficient (Wildman–Crippen LogP) is 5.75. The largest absolute Gasteiger partial charge is 0.486 e. The molecule has 1 aliphatic heterocycles. The Hall–Kier alpha value is -2.77. The van der Waals surface area contributed by atoms with Crippen molar-refractivity contribution in [3.63, 3.8) is 0 Å². The highest BCUT2D eigenvalue weighted by molar-refractivity contribution is 6.36. The molecule has 4 rings (SSSR count). The van der Waals surface area contributed by atoms with Crippen molar-refractivity contribution in [3.05, 3.63) is 57.7 Å². The third-order valence-electron chi connectivity index (χ3n) is 5.70. The molecule has 2 N–H and O–H groups in total. The van der Waals surface area contributed by atoms with Crippen LogP contribution in [0.3, 0.4) is 0 Å². The fourth-order valence-electron chi connectivity index (χ4n) is 3.90. The Kier molecular flexibility index (Phi) is 6.81. The zero-order chi connectivity index (χ0) is 23.7. The third kappa shape index (κ3) is 4.66. The number of amides is 1. The van der Waals surface area contributed by atoms with Gasteiger partial charge in [-0.05, 0) is 29.7 Å². The lowest BCUT2D eigenvalue weighted by Crippen LogP contribution is -2.37. The number of ether oxygens (including phenoxy) is 1. The van der Waals surface area contributed by atoms with Gasteiger partial charge in [-0.1, -0.05) is 43.1 Å². The van der Waals surface area contributed by atoms with Gasteiger partial charge in [-0.15, -0.1) is 0 Å². The lowest BCUT2D eigenvalue weighted by atomic mass is 9.99. The van der Waals surface area contributed by atoms with Crippen molar-refractivity contribution in [2.24, 2.45) is 5.92 Å². The topological polar surface area (TPSA) is 81.6 Å². The van der Waals surface area contributed by atoms with Gasteiger partial charge in [0, 0.05) is 42.2 Å². The van der Waals surface area contributed by atoms with Gasteiger partial charge in [0.25, 0.3) is 0 Å². The molecule has 3 heterocycles. The number of aromatic nitrogens is 1. The van der Waals surface area contributed by atoms with Crippen LogP contribution in [0.25, 0.3) is 16.5 Å². The number of pyridine rings is 1. The molecule has 0 bridgehead atoms. The van der Waals surface area contributed by atoms with Crippen molar-refractivity contribution >= 4 is 51.5 Å². The van der Waals surface area contributed by atoms with Crippen molar-refractivity contribution in [2.75, 3.05) is 25.4 Å². The Morgan fingerprint density at radius 3 is 2.85 bits per heavy atom. The fourth-order valence-corrected chi connectivity index (χ4v) is 4.46. The molecule has 0 fully saturated rings. The lowest BCUT2D eigenvalue weighted by Gasteiger charge is -2.27. The summed E-state index contributed by atoms with van der Waals surface area (Å²) in [7, 11) is 0. The number of furan rings is 1. The summed E-state index contributed by atoms with van der Waals surface area (Å²) in [6.45, 7) is 5.16. The molecule has 9 heteroatoms. The molecule has 0 saturated heterocycles. The maximum atomic E-state index is 13.8. The summed E-state index contributed by atoms with van der Waals surface area (Å²) in [4.78, 5) is 18.4. The van der Waals surface area contributed by atoms with Crippen molar-refractivity contribution in [1.29, 1.82) is 0 Å². The lowest BCUT2D eigenvalue weighted by molar-refractivity contribution is -0.134. The number of hydrogen-bond donors (Lipinski definition) is 1. The van der Waals surface area contributed by atoms with E-state index in [4.69, 9.17) is 38.1 Å². The molecule has 0 atom stereocenters. The number of benzene rings is 1. The standard InChI is InChI=1S/C24H24Cl2FN3O3/c1-13(2)24(31)30-8-5-14(6-9-30)17-12-33-21-16(17)11-29-23(28)22(21)32-10-7-15-18(25)3-4-19(27)20(15)26/h3-5,11-13H,6-10H2,1-2H3,(H2,28,29). The molecule has 1 aliphatic rings. The van der Waals surface area contributed by atoms with Crippen molar-refractivity contribution < 1.29 is 18.3 Å². The van der Waals surface area contributed by atoms with Crippen LogP contribution in [0.15, 0.2) is 35.1 Å². The summed E-state index contributed by atoms with van der Waals surface area (Å²) < 4.78 is 25.5. The Balaban J connectivity index is 1.54. The number of carbonyl (C=O) groups is 1. The Labute approximate surface area is 201 Å². The van der Waals surface area contributed by atoms with Crippen LogP contribution in [0.1, 0.15) is 31.4 Å². The quantitative estimate of drug-likeness (QED) is 0.444. The number of carbonyl (C=O) groups excluding carboxylic acids is 1. The molecule has 174 valence electrons. The molecule has 2 aromatic heterocycles. The molecule has 1 aromatic carbocycles. The Morgan fingerprint density at radius 1 is 1.36 bits per heavy atom. The highest BCUT2D eigenvalue weighted by Gasteiger charge is 2.23. The van der Waals surface area contributed by atoms with E-state index >= 15 is 0 Å². The van der Waals surface area contributed by atoms with E-state index in [1.807, 2.05) is 24.8 Å². The molecule has 0 spiro atoms. The maximum Gasteiger partial charge on any atom is 0.225 e. The number of fused-ring (bicyclic) bond motifs is 1. The van der Waals surface area contributed by atoms with Crippen LogP contribution < -0.4 is 10.5 Å². The first kappa shape index (κ1) is 23.4. The number of hydrogen-bond acceptors (Lipinski definition) is 5. The van der Waals surface area contributed by atoms with E-state index in [1.54, 1.807) is 12.5 Å². The number of halogens is 3. The Bertz CT molecular complexity index is 1240. The number of rotatable bonds is 6. The molecule has 0 aliphatic carbocycles. The van der Waals surface area contributed by atoms with Crippen LogP contribution in [0, 0.1) is 11.7 Å². The first-order valence-electron chi connectivity index (χ1n) is 10.7. The minimum Gasteiger partial charge on any atom is -0.486 e. The highest BCUT2D eigenvalue weighted by atomic mass is 35.5. The van der Waals surface area contributed by atoms with Crippen molar-refractivity contribution in [1.82, 2.24) is 9.88 Å². The van der Waals surface area contributed by atoms with Gasteiger partial charge in [-0.3, -0.25) is 4.79 Å². The van der Waals surface area contributed by atoms with Gasteiger partial charge in [-0.2, -0.15) is 0 Å². The van der Waals surface area contributed by atoms with Crippen molar-refractivity contribution in [2.45, 2.75) is 26.7 Å². The zero-order valence-electron chi connectivity index (χ0n) is 18.3. The van der Waals surface area contributed by atoms with E-state index in [-0.39, 0.29) is 35.7 Å². The normalized spacial score (nSPS) is 14.1. The second kappa shape index (κ2) is 9.61. The molecule has 1 amide bonds. The number of nitrogen functional groups attached to an aromatic ring is 1. The van der Waals surface area contributed by atoms with Crippen LogP contribution in [0.2, 0.25) is 10.0 Å². The molecule has 3 aromatic rings. The third-order valence-corrected chi connectivity index (χ3v) is 6.46. The molecule has 33 heavy (non-hydrogen) atoms. The van der Waals surface area contributed by atoms with E-state index in [1.165, 1.54) is 12.1 Å². The smallest absolute Gasteiger partial charge is 0.225 e. The average Bonchev–Trinajstić information content (AvgIpc) is 3.23. The first-order valence-corrected chi connectivity index (χ1v) is 11.4. The zero-order valence-corrected chi connectivity index (χ0v) is 19.8. The second-order valence-corrected chi connectivity index (χ2v) is 8.99. The van der Waals surface area contributed by atoms with Crippen LogP contribution in [-0.2, 0) is 11.2 Å². The van der Waals surface area contributed by atoms with Gasteiger partial charge in [0.1, 0.15) is 5.82 Å². The van der Waals surface area contributed by atoms with Gasteiger partial charge >= 0.3 is 0 Å². The SMILES string of the molecule is CC(C)C(=O)N1CC=C(c2coc3c(OCCc4c(Cl)ccc(F)c4Cl)c(N)ncc23)CC1. The average molecular weight is 492 g/mol. The summed E-state index contributed by atoms with van der Waals surface area (Å²) in [5.41, 5.74) is 8.97. The fraction of sp³-hybridized carbons (Fsp3) is 0.333. The minimum atomic E-state index is -0.538. The van der Waals surface area contributed by atoms with E-state index in [0.717, 1.165) is 16.5 Å². The van der Waals surface area contributed by atoms with Gasteiger partial charge in [0.2, 0.25) is 11.7 Å². The monoisotopic (exact) mass is 491 g/mol. The second-order valence-electron chi connectivity index (χ2n) is 8.20. The first-order chi connectivity index (χ1) is 15.8. The van der Waals surface area contributed by atoms with Gasteiger partial charge in [0.05, 0.1) is 23.3 Å². The van der Waals surface area contributed by atoms with E-state index in [9.17, 15) is 9.18 Å². The number of anilines is 1. The van der Waals surface area contributed by atoms with Crippen molar-refractivity contribution in [3.8, 4) is 5.75 Å². The van der Waals surface area contributed by atoms with Gasteiger partial charge < -0.3 is 19.8 Å². The molecular formula is C24H24Cl2FN3O3. The maximum absolute atomic E-state index is 13.8.